The lowest BCUT2D eigenvalue weighted by atomic mass is 10.0. The van der Waals surface area contributed by atoms with Crippen LogP contribution in [-0.2, 0) is 20.7 Å². The Morgan fingerprint density at radius 2 is 2.00 bits per heavy atom. The van der Waals surface area contributed by atoms with Gasteiger partial charge in [-0.05, 0) is 55.1 Å². The molecule has 4 heterocycles. The summed E-state index contributed by atoms with van der Waals surface area (Å²) in [7, 11) is 1.67. The average molecular weight is 612 g/mol. The molecule has 13 nitrogen and oxygen atoms in total. The van der Waals surface area contributed by atoms with Gasteiger partial charge in [-0.1, -0.05) is 25.0 Å². The maximum absolute atomic E-state index is 12.9. The number of fused-ring (bicyclic) bond motifs is 1. The van der Waals surface area contributed by atoms with Crippen molar-refractivity contribution in [3.63, 3.8) is 0 Å². The molecule has 14 heteroatoms. The Labute approximate surface area is 255 Å². The zero-order chi connectivity index (χ0) is 31.4. The molecule has 1 unspecified atom stereocenters. The summed E-state index contributed by atoms with van der Waals surface area (Å²) in [5.74, 6) is 0.998. The highest BCUT2D eigenvalue weighted by Gasteiger charge is 2.30. The third-order valence-corrected chi connectivity index (χ3v) is 7.85. The molecule has 0 bridgehead atoms. The van der Waals surface area contributed by atoms with Gasteiger partial charge in [-0.25, -0.2) is 9.97 Å². The summed E-state index contributed by atoms with van der Waals surface area (Å²) in [6.45, 7) is 7.11. The van der Waals surface area contributed by atoms with Crippen LogP contribution in [0.3, 0.4) is 0 Å². The van der Waals surface area contributed by atoms with Crippen molar-refractivity contribution in [3.8, 4) is 0 Å². The number of nitrogen functional groups attached to an aromatic ring is 1. The van der Waals surface area contributed by atoms with Crippen LogP contribution in [0.4, 0.5) is 11.5 Å². The smallest absolute Gasteiger partial charge is 0.277 e. The number of rotatable bonds is 9. The number of aromatic nitrogens is 3. The van der Waals surface area contributed by atoms with Gasteiger partial charge in [0.2, 0.25) is 5.91 Å². The molecule has 1 fully saturated rings. The molecule has 2 aromatic heterocycles. The third kappa shape index (κ3) is 9.48. The number of carbonyl (C=O) groups is 2. The molecular weight excluding hydrogens is 570 g/mol. The molecule has 1 amide bonds. The molecule has 43 heavy (non-hydrogen) atoms. The topological polar surface area (TPSA) is 192 Å². The molecule has 2 aromatic rings. The molecule has 1 saturated heterocycles. The van der Waals surface area contributed by atoms with Crippen molar-refractivity contribution < 1.29 is 14.3 Å². The van der Waals surface area contributed by atoms with Gasteiger partial charge in [0.15, 0.2) is 11.5 Å². The van der Waals surface area contributed by atoms with Crippen molar-refractivity contribution in [2.45, 2.75) is 52.0 Å². The van der Waals surface area contributed by atoms with Crippen LogP contribution in [-0.4, -0.2) is 81.7 Å². The normalized spacial score (nSPS) is 16.0. The predicted molar refractivity (Wildman–Crippen MR) is 171 cm³/mol. The fourth-order valence-corrected chi connectivity index (χ4v) is 5.25. The summed E-state index contributed by atoms with van der Waals surface area (Å²) in [6, 6.07) is 1.32. The second kappa shape index (κ2) is 16.6. The zero-order valence-corrected chi connectivity index (χ0v) is 25.8. The van der Waals surface area contributed by atoms with Gasteiger partial charge in [0.25, 0.3) is 5.56 Å². The number of aldehydes is 1. The summed E-state index contributed by atoms with van der Waals surface area (Å²) in [4.78, 5) is 46.0. The van der Waals surface area contributed by atoms with Crippen LogP contribution in [0.25, 0.3) is 6.08 Å². The summed E-state index contributed by atoms with van der Waals surface area (Å²) in [6.07, 6.45) is 9.99. The summed E-state index contributed by atoms with van der Waals surface area (Å²) >= 11 is 0.875. The largest absolute Gasteiger partial charge is 0.384 e. The molecule has 0 spiro atoms. The summed E-state index contributed by atoms with van der Waals surface area (Å²) in [5.41, 5.74) is 9.11. The van der Waals surface area contributed by atoms with Crippen LogP contribution in [0.1, 0.15) is 55.6 Å². The molecule has 6 N–H and O–H groups in total. The number of amides is 1. The van der Waals surface area contributed by atoms with Crippen molar-refractivity contribution in [1.82, 2.24) is 24.8 Å². The number of carbonyl (C=O) groups excluding carboxylic acids is 2. The van der Waals surface area contributed by atoms with E-state index in [0.717, 1.165) is 47.7 Å². The number of anilines is 2. The number of aryl methyl sites for hydroxylation is 2. The number of unbranched alkanes of at least 4 members (excludes halogenated alkanes) is 1. The van der Waals surface area contributed by atoms with Crippen LogP contribution >= 0.6 is 11.8 Å². The highest BCUT2D eigenvalue weighted by atomic mass is 32.2. The molecule has 2 aliphatic heterocycles. The number of thioether (sulfide) groups is 1. The van der Waals surface area contributed by atoms with E-state index in [9.17, 15) is 14.4 Å². The zero-order valence-electron chi connectivity index (χ0n) is 24.9. The van der Waals surface area contributed by atoms with Crippen molar-refractivity contribution >= 4 is 51.7 Å². The average Bonchev–Trinajstić information content (AvgIpc) is 3.45. The number of pyridine rings is 1. The standard InChI is InChI=1S/C22H30N6O2.C7H11N3O2S/c1-4-5-6-15(10-16-12-25-19(23)9-14(16)2)11-27-21(29)18-7-8-20-26-13-17(24-3)22(30)28(18)20;8-6(5-11)13-7(9)10-1-3-12-4-2-10/h9-10,12-13,18,24H,4-8,11H2,1-3H3,(H2,23,25)(H,27,29);5,8-9H,1-4H2/b15-10+;. The maximum atomic E-state index is 12.9. The minimum absolute atomic E-state index is 0.128. The first kappa shape index (κ1) is 33.5. The van der Waals surface area contributed by atoms with Gasteiger partial charge in [-0.3, -0.25) is 29.8 Å². The van der Waals surface area contributed by atoms with Crippen molar-refractivity contribution in [1.29, 1.82) is 10.8 Å². The number of ether oxygens (including phenoxy) is 1. The Bertz CT molecular complexity index is 1400. The number of amidine groups is 1. The Morgan fingerprint density at radius 1 is 1.26 bits per heavy atom. The highest BCUT2D eigenvalue weighted by molar-refractivity contribution is 8.27. The monoisotopic (exact) mass is 611 g/mol. The SMILES string of the molecule is CCCC/C(=C\c1cnc(N)cc1C)CNC(=O)C1CCc2ncc(NC)c(=O)n21.N=C(C=O)SC(=N)N1CCOCC1. The third-order valence-electron chi connectivity index (χ3n) is 7.08. The Hall–Kier alpha value is -4.04. The predicted octanol–water partition coefficient (Wildman–Crippen LogP) is 2.61. The number of nitrogens with one attached hydrogen (secondary N) is 4. The van der Waals surface area contributed by atoms with E-state index in [1.54, 1.807) is 18.1 Å². The molecule has 0 saturated carbocycles. The van der Waals surface area contributed by atoms with E-state index < -0.39 is 6.04 Å². The second-order valence-corrected chi connectivity index (χ2v) is 11.2. The van der Waals surface area contributed by atoms with Crippen LogP contribution in [0.15, 0.2) is 28.8 Å². The fraction of sp³-hybridized carbons (Fsp3) is 0.483. The van der Waals surface area contributed by atoms with E-state index in [0.29, 0.717) is 69.3 Å². The first-order valence-corrected chi connectivity index (χ1v) is 15.1. The lowest BCUT2D eigenvalue weighted by Gasteiger charge is -2.27. The van der Waals surface area contributed by atoms with Gasteiger partial charge in [-0.15, -0.1) is 0 Å². The van der Waals surface area contributed by atoms with Crippen molar-refractivity contribution in [2.75, 3.05) is 50.9 Å². The number of nitrogens with two attached hydrogens (primary N) is 1. The van der Waals surface area contributed by atoms with E-state index >= 15 is 0 Å². The van der Waals surface area contributed by atoms with Crippen LogP contribution < -0.4 is 21.9 Å². The number of morpholine rings is 1. The lowest BCUT2D eigenvalue weighted by molar-refractivity contribution is -0.124. The van der Waals surface area contributed by atoms with E-state index in [1.807, 2.05) is 13.0 Å². The molecule has 0 aromatic carbocycles. The quantitative estimate of drug-likeness (QED) is 0.160. The Kier molecular flexibility index (Phi) is 12.9. The number of nitrogens with zero attached hydrogens (tertiary/aromatic N) is 4. The Morgan fingerprint density at radius 3 is 2.65 bits per heavy atom. The van der Waals surface area contributed by atoms with E-state index in [1.165, 1.54) is 10.8 Å². The molecule has 0 aliphatic carbocycles. The van der Waals surface area contributed by atoms with Crippen LogP contribution in [0, 0.1) is 17.7 Å². The molecule has 2 aliphatic rings. The first-order chi connectivity index (χ1) is 20.7. The minimum Gasteiger partial charge on any atom is -0.384 e. The van der Waals surface area contributed by atoms with Gasteiger partial charge in [0, 0.05) is 39.3 Å². The first-order valence-electron chi connectivity index (χ1n) is 14.3. The molecular formula is C29H41N9O4S. The summed E-state index contributed by atoms with van der Waals surface area (Å²) in [5, 5.41) is 20.6. The highest BCUT2D eigenvalue weighted by Crippen LogP contribution is 2.23. The second-order valence-electron chi connectivity index (χ2n) is 10.1. The van der Waals surface area contributed by atoms with Crippen LogP contribution in [0.5, 0.6) is 0 Å². The molecule has 0 radical (unpaired) electrons. The fourth-order valence-electron chi connectivity index (χ4n) is 4.68. The van der Waals surface area contributed by atoms with Gasteiger partial charge < -0.3 is 26.0 Å². The van der Waals surface area contributed by atoms with E-state index in [2.05, 4.69) is 33.6 Å². The number of hydrogen-bond acceptors (Lipinski definition) is 11. The minimum atomic E-state index is -0.527. The van der Waals surface area contributed by atoms with Gasteiger partial charge >= 0.3 is 0 Å². The van der Waals surface area contributed by atoms with E-state index in [-0.39, 0.29) is 21.7 Å². The summed E-state index contributed by atoms with van der Waals surface area (Å²) < 4.78 is 6.63. The molecule has 1 atom stereocenters. The molecule has 232 valence electrons. The van der Waals surface area contributed by atoms with Crippen molar-refractivity contribution in [2.24, 2.45) is 0 Å². The Balaban J connectivity index is 0.000000326. The lowest BCUT2D eigenvalue weighted by Crippen LogP contribution is -2.39. The van der Waals surface area contributed by atoms with Crippen LogP contribution in [0.2, 0.25) is 0 Å². The van der Waals surface area contributed by atoms with E-state index in [4.69, 9.17) is 21.3 Å². The van der Waals surface area contributed by atoms with Gasteiger partial charge in [-0.2, -0.15) is 0 Å². The number of hydrogen-bond donors (Lipinski definition) is 5. The van der Waals surface area contributed by atoms with Gasteiger partial charge in [0.1, 0.15) is 28.4 Å². The van der Waals surface area contributed by atoms with Gasteiger partial charge in [0.05, 0.1) is 19.4 Å². The maximum Gasteiger partial charge on any atom is 0.277 e. The van der Waals surface area contributed by atoms with Crippen molar-refractivity contribution in [3.05, 3.63) is 51.3 Å². The molecule has 4 rings (SSSR count).